The summed E-state index contributed by atoms with van der Waals surface area (Å²) < 4.78 is 0. The zero-order valence-corrected chi connectivity index (χ0v) is 10.2. The quantitative estimate of drug-likeness (QED) is 0.614. The van der Waals surface area contributed by atoms with Crippen molar-refractivity contribution in [3.63, 3.8) is 0 Å². The minimum absolute atomic E-state index is 0.175. The van der Waals surface area contributed by atoms with E-state index >= 15 is 0 Å². The van der Waals surface area contributed by atoms with Crippen molar-refractivity contribution in [3.05, 3.63) is 0 Å². The fraction of sp³-hybridized carbons (Fsp3) is 0.818. The number of imide groups is 1. The lowest BCUT2D eigenvalue weighted by atomic mass is 9.96. The summed E-state index contributed by atoms with van der Waals surface area (Å²) in [6.45, 7) is 7.16. The molecule has 1 rings (SSSR count). The Balaban J connectivity index is 2.32. The molecule has 0 unspecified atom stereocenters. The van der Waals surface area contributed by atoms with Gasteiger partial charge in [-0.1, -0.05) is 20.8 Å². The van der Waals surface area contributed by atoms with Gasteiger partial charge in [-0.15, -0.1) is 0 Å². The number of piperidine rings is 1. The van der Waals surface area contributed by atoms with Crippen LogP contribution < -0.4 is 16.0 Å². The normalized spacial score (nSPS) is 17.9. The van der Waals surface area contributed by atoms with E-state index in [9.17, 15) is 9.59 Å². The lowest BCUT2D eigenvalue weighted by Gasteiger charge is -2.24. The van der Waals surface area contributed by atoms with E-state index < -0.39 is 5.41 Å². The molecular formula is C11H21N3O2. The molecule has 0 aromatic rings. The average molecular weight is 227 g/mol. The van der Waals surface area contributed by atoms with Crippen LogP contribution in [-0.2, 0) is 4.79 Å². The molecule has 92 valence electrons. The number of nitrogens with one attached hydrogen (secondary N) is 3. The largest absolute Gasteiger partial charge is 0.335 e. The van der Waals surface area contributed by atoms with Crippen LogP contribution >= 0.6 is 0 Å². The molecule has 16 heavy (non-hydrogen) atoms. The predicted molar refractivity (Wildman–Crippen MR) is 62.0 cm³/mol. The molecule has 1 aliphatic heterocycles. The van der Waals surface area contributed by atoms with Gasteiger partial charge in [0.05, 0.1) is 0 Å². The van der Waals surface area contributed by atoms with Crippen LogP contribution in [0.15, 0.2) is 0 Å². The van der Waals surface area contributed by atoms with Crippen molar-refractivity contribution < 1.29 is 9.59 Å². The van der Waals surface area contributed by atoms with Crippen LogP contribution in [0.3, 0.4) is 0 Å². The topological polar surface area (TPSA) is 70.2 Å². The summed E-state index contributed by atoms with van der Waals surface area (Å²) in [4.78, 5) is 23.0. The highest BCUT2D eigenvalue weighted by Gasteiger charge is 2.24. The van der Waals surface area contributed by atoms with E-state index in [1.807, 2.05) is 0 Å². The molecule has 0 atom stereocenters. The van der Waals surface area contributed by atoms with Gasteiger partial charge in [0.2, 0.25) is 5.91 Å². The summed E-state index contributed by atoms with van der Waals surface area (Å²) in [5.41, 5.74) is -0.536. The van der Waals surface area contributed by atoms with Crippen molar-refractivity contribution in [2.75, 3.05) is 13.1 Å². The summed E-state index contributed by atoms with van der Waals surface area (Å²) in [7, 11) is 0. The monoisotopic (exact) mass is 227 g/mol. The van der Waals surface area contributed by atoms with Crippen molar-refractivity contribution in [1.82, 2.24) is 16.0 Å². The second kappa shape index (κ2) is 5.30. The molecule has 5 nitrogen and oxygen atoms in total. The Kier molecular flexibility index (Phi) is 4.29. The molecule has 0 spiro atoms. The Morgan fingerprint density at radius 3 is 2.25 bits per heavy atom. The highest BCUT2D eigenvalue weighted by molar-refractivity contribution is 5.96. The van der Waals surface area contributed by atoms with Gasteiger partial charge in [-0.3, -0.25) is 10.1 Å². The van der Waals surface area contributed by atoms with Gasteiger partial charge in [-0.2, -0.15) is 0 Å². The number of urea groups is 1. The van der Waals surface area contributed by atoms with Crippen molar-refractivity contribution in [2.24, 2.45) is 5.41 Å². The van der Waals surface area contributed by atoms with Gasteiger partial charge in [0.25, 0.3) is 0 Å². The van der Waals surface area contributed by atoms with E-state index in [0.717, 1.165) is 25.9 Å². The summed E-state index contributed by atoms with van der Waals surface area (Å²) in [5.74, 6) is -0.251. The molecule has 0 aromatic carbocycles. The van der Waals surface area contributed by atoms with Gasteiger partial charge in [0, 0.05) is 11.5 Å². The first-order valence-corrected chi connectivity index (χ1v) is 5.72. The van der Waals surface area contributed by atoms with Crippen molar-refractivity contribution >= 4 is 11.9 Å². The molecule has 1 fully saturated rings. The maximum atomic E-state index is 11.5. The zero-order chi connectivity index (χ0) is 12.2. The molecular weight excluding hydrogens is 206 g/mol. The lowest BCUT2D eigenvalue weighted by molar-refractivity contribution is -0.127. The summed E-state index contributed by atoms with van der Waals surface area (Å²) >= 11 is 0. The van der Waals surface area contributed by atoms with Gasteiger partial charge in [0.15, 0.2) is 0 Å². The number of amides is 3. The first-order valence-electron chi connectivity index (χ1n) is 5.72. The standard InChI is InChI=1S/C11H21N3O2/c1-11(2,3)9(15)14-10(16)13-8-4-6-12-7-5-8/h8,12H,4-7H2,1-3H3,(H2,13,14,15,16). The third-order valence-electron chi connectivity index (χ3n) is 2.58. The number of hydrogen-bond donors (Lipinski definition) is 3. The molecule has 0 aromatic heterocycles. The van der Waals surface area contributed by atoms with Gasteiger partial charge in [-0.05, 0) is 25.9 Å². The second-order valence-corrected chi connectivity index (χ2v) is 5.20. The van der Waals surface area contributed by atoms with Gasteiger partial charge >= 0.3 is 6.03 Å². The van der Waals surface area contributed by atoms with E-state index in [1.54, 1.807) is 20.8 Å². The van der Waals surface area contributed by atoms with E-state index in [1.165, 1.54) is 0 Å². The van der Waals surface area contributed by atoms with Crippen LogP contribution in [0.4, 0.5) is 4.79 Å². The third kappa shape index (κ3) is 4.18. The molecule has 3 amide bonds. The summed E-state index contributed by atoms with van der Waals surface area (Å²) in [6.07, 6.45) is 1.83. The van der Waals surface area contributed by atoms with E-state index in [0.29, 0.717) is 0 Å². The zero-order valence-electron chi connectivity index (χ0n) is 10.2. The highest BCUT2D eigenvalue weighted by Crippen LogP contribution is 2.12. The van der Waals surface area contributed by atoms with Gasteiger partial charge in [-0.25, -0.2) is 4.79 Å². The molecule has 0 saturated carbocycles. The van der Waals surface area contributed by atoms with E-state index in [4.69, 9.17) is 0 Å². The molecule has 0 aliphatic carbocycles. The Morgan fingerprint density at radius 1 is 1.19 bits per heavy atom. The van der Waals surface area contributed by atoms with Crippen LogP contribution in [0, 0.1) is 5.41 Å². The minimum Gasteiger partial charge on any atom is -0.335 e. The average Bonchev–Trinajstić information content (AvgIpc) is 2.17. The van der Waals surface area contributed by atoms with Crippen LogP contribution in [0.2, 0.25) is 0 Å². The number of carbonyl (C=O) groups excluding carboxylic acids is 2. The van der Waals surface area contributed by atoms with Crippen LogP contribution in [-0.4, -0.2) is 31.1 Å². The predicted octanol–water partition coefficient (Wildman–Crippen LogP) is 0.610. The first kappa shape index (κ1) is 13.0. The lowest BCUT2D eigenvalue weighted by Crippen LogP contribution is -2.50. The Bertz CT molecular complexity index is 265. The van der Waals surface area contributed by atoms with Crippen molar-refractivity contribution in [3.8, 4) is 0 Å². The minimum atomic E-state index is -0.536. The van der Waals surface area contributed by atoms with Crippen molar-refractivity contribution in [2.45, 2.75) is 39.7 Å². The Morgan fingerprint density at radius 2 is 1.75 bits per heavy atom. The van der Waals surface area contributed by atoms with Gasteiger partial charge < -0.3 is 10.6 Å². The van der Waals surface area contributed by atoms with Crippen LogP contribution in [0.5, 0.6) is 0 Å². The maximum absolute atomic E-state index is 11.5. The highest BCUT2D eigenvalue weighted by atomic mass is 16.2. The fourth-order valence-corrected chi connectivity index (χ4v) is 1.48. The van der Waals surface area contributed by atoms with Crippen LogP contribution in [0.25, 0.3) is 0 Å². The Labute approximate surface area is 96.4 Å². The van der Waals surface area contributed by atoms with Crippen molar-refractivity contribution in [1.29, 1.82) is 0 Å². The molecule has 1 aliphatic rings. The van der Waals surface area contributed by atoms with Gasteiger partial charge in [0.1, 0.15) is 0 Å². The number of hydrogen-bond acceptors (Lipinski definition) is 3. The molecule has 5 heteroatoms. The summed E-state index contributed by atoms with van der Waals surface area (Å²) in [6, 6.07) is -0.208. The second-order valence-electron chi connectivity index (χ2n) is 5.20. The molecule has 1 heterocycles. The Hall–Kier alpha value is -1.10. The molecule has 0 radical (unpaired) electrons. The SMILES string of the molecule is CC(C)(C)C(=O)NC(=O)NC1CCNCC1. The maximum Gasteiger partial charge on any atom is 0.321 e. The molecule has 3 N–H and O–H groups in total. The third-order valence-corrected chi connectivity index (χ3v) is 2.58. The fourth-order valence-electron chi connectivity index (χ4n) is 1.48. The number of rotatable bonds is 1. The van der Waals surface area contributed by atoms with Crippen LogP contribution in [0.1, 0.15) is 33.6 Å². The molecule has 0 bridgehead atoms. The smallest absolute Gasteiger partial charge is 0.321 e. The first-order chi connectivity index (χ1) is 7.39. The number of carbonyl (C=O) groups is 2. The molecule has 1 saturated heterocycles. The van der Waals surface area contributed by atoms with E-state index in [2.05, 4.69) is 16.0 Å². The summed E-state index contributed by atoms with van der Waals surface area (Å²) in [5, 5.41) is 8.38. The van der Waals surface area contributed by atoms with E-state index in [-0.39, 0.29) is 18.0 Å².